The summed E-state index contributed by atoms with van der Waals surface area (Å²) in [4.78, 5) is -0.153. The number of ether oxygens (including phenoxy) is 1. The molecule has 1 aromatic rings. The van der Waals surface area contributed by atoms with E-state index in [4.69, 9.17) is 0 Å². The summed E-state index contributed by atoms with van der Waals surface area (Å²) in [6, 6.07) is 5.61. The molecule has 0 aliphatic carbocycles. The van der Waals surface area contributed by atoms with E-state index >= 15 is 0 Å². The number of rotatable bonds is 2. The minimum absolute atomic E-state index is 0.153. The van der Waals surface area contributed by atoms with Gasteiger partial charge in [-0.05, 0) is 19.1 Å². The van der Waals surface area contributed by atoms with E-state index in [0.717, 1.165) is 5.56 Å². The first-order valence-electron chi connectivity index (χ1n) is 4.75. The average Bonchev–Trinajstić information content (AvgIpc) is 2.96. The van der Waals surface area contributed by atoms with E-state index in [0.29, 0.717) is 0 Å². The summed E-state index contributed by atoms with van der Waals surface area (Å²) in [5.41, 5.74) is -0.974. The largest absolute Gasteiger partial charge is 0.418 e. The molecule has 0 N–H and O–H groups in total. The molecular weight excluding hydrogens is 257 g/mol. The maximum Gasteiger partial charge on any atom is 0.418 e. The first kappa shape index (κ1) is 12.4. The van der Waals surface area contributed by atoms with Gasteiger partial charge in [0.2, 0.25) is 9.84 Å². The molecule has 0 amide bonds. The number of sulfone groups is 1. The zero-order valence-corrected chi connectivity index (χ0v) is 9.55. The van der Waals surface area contributed by atoms with Gasteiger partial charge in [-0.2, -0.15) is 13.2 Å². The summed E-state index contributed by atoms with van der Waals surface area (Å²) < 4.78 is 64.3. The Hall–Kier alpha value is -1.08. The van der Waals surface area contributed by atoms with Gasteiger partial charge >= 0.3 is 6.18 Å². The Balaban J connectivity index is 2.25. The van der Waals surface area contributed by atoms with Crippen molar-refractivity contribution in [2.75, 3.05) is 0 Å². The highest BCUT2D eigenvalue weighted by Gasteiger charge is 2.64. The lowest BCUT2D eigenvalue weighted by molar-refractivity contribution is -0.146. The first-order valence-corrected chi connectivity index (χ1v) is 6.30. The van der Waals surface area contributed by atoms with Crippen molar-refractivity contribution in [2.24, 2.45) is 0 Å². The van der Waals surface area contributed by atoms with E-state index in [9.17, 15) is 21.6 Å². The molecule has 2 atom stereocenters. The van der Waals surface area contributed by atoms with Crippen molar-refractivity contribution in [3.05, 3.63) is 29.8 Å². The molecule has 0 bridgehead atoms. The summed E-state index contributed by atoms with van der Waals surface area (Å²) in [5, 5.41) is 0. The number of epoxide rings is 1. The Morgan fingerprint density at radius 3 is 2.12 bits per heavy atom. The normalized spacial score (nSPS) is 24.7. The van der Waals surface area contributed by atoms with Crippen LogP contribution in [0.1, 0.15) is 5.56 Å². The van der Waals surface area contributed by atoms with Crippen LogP contribution in [-0.4, -0.2) is 26.1 Å². The lowest BCUT2D eigenvalue weighted by atomic mass is 10.2. The fraction of sp³-hybridized carbons (Fsp3) is 0.400. The van der Waals surface area contributed by atoms with Gasteiger partial charge in [-0.3, -0.25) is 0 Å². The number of halogens is 3. The summed E-state index contributed by atoms with van der Waals surface area (Å²) in [6.07, 6.45) is -6.84. The first-order chi connectivity index (χ1) is 7.73. The Morgan fingerprint density at radius 2 is 1.71 bits per heavy atom. The Morgan fingerprint density at radius 1 is 1.18 bits per heavy atom. The SMILES string of the molecule is Cc1ccc(S(=O)(=O)[C@@H]2OC2C(F)(F)F)cc1. The molecule has 1 heterocycles. The van der Waals surface area contributed by atoms with E-state index in [1.165, 1.54) is 24.3 Å². The third-order valence-corrected chi connectivity index (χ3v) is 4.33. The molecular formula is C10H9F3O3S. The molecule has 1 aliphatic heterocycles. The number of hydrogen-bond acceptors (Lipinski definition) is 3. The van der Waals surface area contributed by atoms with Gasteiger partial charge in [0.15, 0.2) is 11.5 Å². The van der Waals surface area contributed by atoms with Crippen molar-refractivity contribution in [3.63, 3.8) is 0 Å². The van der Waals surface area contributed by atoms with E-state index in [1.807, 2.05) is 0 Å². The van der Waals surface area contributed by atoms with Crippen LogP contribution < -0.4 is 0 Å². The lowest BCUT2D eigenvalue weighted by Crippen LogP contribution is -2.23. The van der Waals surface area contributed by atoms with Crippen LogP contribution in [0.25, 0.3) is 0 Å². The van der Waals surface area contributed by atoms with Crippen LogP contribution in [0.5, 0.6) is 0 Å². The molecule has 0 radical (unpaired) electrons. The van der Waals surface area contributed by atoms with Gasteiger partial charge in [-0.1, -0.05) is 17.7 Å². The van der Waals surface area contributed by atoms with Gasteiger partial charge in [-0.25, -0.2) is 8.42 Å². The van der Waals surface area contributed by atoms with Gasteiger partial charge in [0.25, 0.3) is 0 Å². The van der Waals surface area contributed by atoms with E-state index in [-0.39, 0.29) is 4.90 Å². The molecule has 1 unspecified atom stereocenters. The molecule has 1 aromatic carbocycles. The molecule has 7 heteroatoms. The summed E-state index contributed by atoms with van der Waals surface area (Å²) in [5.74, 6) is 0. The van der Waals surface area contributed by atoms with E-state index < -0.39 is 27.6 Å². The monoisotopic (exact) mass is 266 g/mol. The van der Waals surface area contributed by atoms with Gasteiger partial charge < -0.3 is 4.74 Å². The standard InChI is InChI=1S/C10H9F3O3S/c1-6-2-4-7(5-3-6)17(14,15)9-8(16-9)10(11,12)13/h2-5,8-9H,1H3/t8?,9-/m0/s1. The molecule has 94 valence electrons. The maximum absolute atomic E-state index is 12.2. The number of alkyl halides is 3. The quantitative estimate of drug-likeness (QED) is 0.770. The van der Waals surface area contributed by atoms with Crippen LogP contribution >= 0.6 is 0 Å². The minimum atomic E-state index is -4.64. The van der Waals surface area contributed by atoms with Gasteiger partial charge in [0.05, 0.1) is 4.90 Å². The number of aryl methyl sites for hydroxylation is 1. The second-order valence-corrected chi connectivity index (χ2v) is 5.85. The molecule has 0 spiro atoms. The topological polar surface area (TPSA) is 46.7 Å². The van der Waals surface area contributed by atoms with Crippen molar-refractivity contribution in [3.8, 4) is 0 Å². The van der Waals surface area contributed by atoms with Crippen LogP contribution in [0.2, 0.25) is 0 Å². The van der Waals surface area contributed by atoms with Crippen LogP contribution in [0.15, 0.2) is 29.2 Å². The highest BCUT2D eigenvalue weighted by Crippen LogP contribution is 2.42. The Bertz CT molecular complexity index is 519. The number of hydrogen-bond donors (Lipinski definition) is 0. The van der Waals surface area contributed by atoms with Gasteiger partial charge in [-0.15, -0.1) is 0 Å². The summed E-state index contributed by atoms with van der Waals surface area (Å²) in [6.45, 7) is 1.75. The smallest absolute Gasteiger partial charge is 0.342 e. The lowest BCUT2D eigenvalue weighted by Gasteiger charge is -2.03. The van der Waals surface area contributed by atoms with Crippen LogP contribution in [0, 0.1) is 6.92 Å². The van der Waals surface area contributed by atoms with Crippen molar-refractivity contribution in [1.29, 1.82) is 0 Å². The zero-order valence-electron chi connectivity index (χ0n) is 8.73. The third-order valence-electron chi connectivity index (χ3n) is 2.43. The second kappa shape index (κ2) is 3.71. The predicted octanol–water partition coefficient (Wildman–Crippen LogP) is 2.06. The van der Waals surface area contributed by atoms with Gasteiger partial charge in [0, 0.05) is 0 Å². The molecule has 1 aliphatic rings. The molecule has 17 heavy (non-hydrogen) atoms. The van der Waals surface area contributed by atoms with Crippen molar-refractivity contribution in [1.82, 2.24) is 0 Å². The van der Waals surface area contributed by atoms with Crippen LogP contribution in [-0.2, 0) is 14.6 Å². The zero-order chi connectivity index (χ0) is 12.8. The highest BCUT2D eigenvalue weighted by molar-refractivity contribution is 7.92. The van der Waals surface area contributed by atoms with E-state index in [2.05, 4.69) is 4.74 Å². The third kappa shape index (κ3) is 2.30. The second-order valence-electron chi connectivity index (χ2n) is 3.82. The minimum Gasteiger partial charge on any atom is -0.342 e. The molecule has 2 rings (SSSR count). The van der Waals surface area contributed by atoms with Crippen molar-refractivity contribution >= 4 is 9.84 Å². The van der Waals surface area contributed by atoms with Crippen molar-refractivity contribution in [2.45, 2.75) is 29.5 Å². The highest BCUT2D eigenvalue weighted by atomic mass is 32.2. The average molecular weight is 266 g/mol. The van der Waals surface area contributed by atoms with Crippen molar-refractivity contribution < 1.29 is 26.3 Å². The Kier molecular flexibility index (Phi) is 2.70. The number of benzene rings is 1. The molecule has 3 nitrogen and oxygen atoms in total. The fourth-order valence-electron chi connectivity index (χ4n) is 1.43. The molecule has 1 saturated heterocycles. The van der Waals surface area contributed by atoms with Crippen LogP contribution in [0.4, 0.5) is 13.2 Å². The predicted molar refractivity (Wildman–Crippen MR) is 53.1 cm³/mol. The summed E-state index contributed by atoms with van der Waals surface area (Å²) in [7, 11) is -4.06. The van der Waals surface area contributed by atoms with E-state index in [1.54, 1.807) is 6.92 Å². The maximum atomic E-state index is 12.2. The fourth-order valence-corrected chi connectivity index (χ4v) is 2.96. The summed E-state index contributed by atoms with van der Waals surface area (Å²) >= 11 is 0. The molecule has 0 saturated carbocycles. The molecule has 1 fully saturated rings. The van der Waals surface area contributed by atoms with Crippen LogP contribution in [0.3, 0.4) is 0 Å². The van der Waals surface area contributed by atoms with Gasteiger partial charge in [0.1, 0.15) is 0 Å². The molecule has 0 aromatic heterocycles. The Labute approximate surface area is 96.1 Å².